The number of carbonyl (C=O) groups excluding carboxylic acids is 1. The van der Waals surface area contributed by atoms with Crippen molar-refractivity contribution in [1.82, 2.24) is 9.80 Å². The van der Waals surface area contributed by atoms with Crippen LogP contribution in [0.3, 0.4) is 0 Å². The molecule has 1 amide bonds. The monoisotopic (exact) mass is 290 g/mol. The summed E-state index contributed by atoms with van der Waals surface area (Å²) in [6.07, 6.45) is 0. The van der Waals surface area contributed by atoms with Crippen LogP contribution in [0.15, 0.2) is 18.2 Å². The minimum atomic E-state index is -0.0163. The van der Waals surface area contributed by atoms with Gasteiger partial charge in [-0.3, -0.25) is 9.69 Å². The number of hydrogen-bond acceptors (Lipinski definition) is 4. The van der Waals surface area contributed by atoms with Crippen molar-refractivity contribution in [2.24, 2.45) is 0 Å². The minimum absolute atomic E-state index is 0.0163. The van der Waals surface area contributed by atoms with E-state index < -0.39 is 0 Å². The summed E-state index contributed by atoms with van der Waals surface area (Å²) in [4.78, 5) is 18.3. The van der Waals surface area contributed by atoms with Crippen molar-refractivity contribution in [3.63, 3.8) is 0 Å². The number of anilines is 2. The van der Waals surface area contributed by atoms with Gasteiger partial charge in [0.05, 0.1) is 11.4 Å². The summed E-state index contributed by atoms with van der Waals surface area (Å²) in [6.45, 7) is 8.52. The molecule has 0 bridgehead atoms. The Morgan fingerprint density at radius 3 is 2.62 bits per heavy atom. The van der Waals surface area contributed by atoms with Gasteiger partial charge in [0.25, 0.3) is 5.91 Å². The van der Waals surface area contributed by atoms with Crippen LogP contribution in [-0.4, -0.2) is 62.0 Å². The van der Waals surface area contributed by atoms with Gasteiger partial charge in [-0.25, -0.2) is 0 Å². The predicted molar refractivity (Wildman–Crippen MR) is 87.8 cm³/mol. The highest BCUT2D eigenvalue weighted by molar-refractivity contribution is 5.95. The van der Waals surface area contributed by atoms with E-state index in [1.54, 1.807) is 25.1 Å². The summed E-state index contributed by atoms with van der Waals surface area (Å²) in [5, 5.41) is 0. The van der Waals surface area contributed by atoms with Crippen molar-refractivity contribution in [3.8, 4) is 0 Å². The SMILES string of the molecule is CCN1CCN(c2ccc(C(=O)N(C)C)cc2N)CC1C. The fourth-order valence-corrected chi connectivity index (χ4v) is 2.92. The number of nitrogens with zero attached hydrogens (tertiary/aromatic N) is 3. The van der Waals surface area contributed by atoms with Gasteiger partial charge in [-0.1, -0.05) is 6.92 Å². The minimum Gasteiger partial charge on any atom is -0.397 e. The van der Waals surface area contributed by atoms with Crippen LogP contribution in [0.25, 0.3) is 0 Å². The van der Waals surface area contributed by atoms with Crippen molar-refractivity contribution < 1.29 is 4.79 Å². The van der Waals surface area contributed by atoms with Crippen LogP contribution in [0.2, 0.25) is 0 Å². The molecule has 1 aliphatic heterocycles. The summed E-state index contributed by atoms with van der Waals surface area (Å²) in [6, 6.07) is 6.14. The highest BCUT2D eigenvalue weighted by Crippen LogP contribution is 2.27. The number of nitrogen functional groups attached to an aromatic ring is 1. The number of benzene rings is 1. The van der Waals surface area contributed by atoms with Gasteiger partial charge in [-0.05, 0) is 31.7 Å². The van der Waals surface area contributed by atoms with E-state index in [1.165, 1.54) is 0 Å². The van der Waals surface area contributed by atoms with E-state index in [1.807, 2.05) is 12.1 Å². The van der Waals surface area contributed by atoms with E-state index in [2.05, 4.69) is 23.6 Å². The first-order valence-corrected chi connectivity index (χ1v) is 7.54. The maximum atomic E-state index is 12.0. The summed E-state index contributed by atoms with van der Waals surface area (Å²) in [5.41, 5.74) is 8.53. The Labute approximate surface area is 127 Å². The van der Waals surface area contributed by atoms with Crippen molar-refractivity contribution >= 4 is 17.3 Å². The molecular weight excluding hydrogens is 264 g/mol. The third kappa shape index (κ3) is 3.29. The molecule has 1 heterocycles. The quantitative estimate of drug-likeness (QED) is 0.857. The van der Waals surface area contributed by atoms with Crippen LogP contribution in [0, 0.1) is 0 Å². The molecule has 1 atom stereocenters. The molecule has 1 saturated heterocycles. The molecule has 2 N–H and O–H groups in total. The number of piperazine rings is 1. The fourth-order valence-electron chi connectivity index (χ4n) is 2.92. The number of nitrogens with two attached hydrogens (primary N) is 1. The van der Waals surface area contributed by atoms with Crippen LogP contribution >= 0.6 is 0 Å². The molecule has 5 nitrogen and oxygen atoms in total. The van der Waals surface area contributed by atoms with Crippen molar-refractivity contribution in [1.29, 1.82) is 0 Å². The van der Waals surface area contributed by atoms with E-state index in [9.17, 15) is 4.79 Å². The normalized spacial score (nSPS) is 19.6. The third-order valence-corrected chi connectivity index (χ3v) is 4.19. The Bertz CT molecular complexity index is 515. The first-order chi connectivity index (χ1) is 9.93. The summed E-state index contributed by atoms with van der Waals surface area (Å²) in [7, 11) is 3.50. The average Bonchev–Trinajstić information content (AvgIpc) is 2.46. The Morgan fingerprint density at radius 1 is 1.38 bits per heavy atom. The van der Waals surface area contributed by atoms with E-state index in [-0.39, 0.29) is 5.91 Å². The predicted octanol–water partition coefficient (Wildman–Crippen LogP) is 1.50. The zero-order valence-corrected chi connectivity index (χ0v) is 13.5. The molecule has 5 heteroatoms. The smallest absolute Gasteiger partial charge is 0.253 e. The van der Waals surface area contributed by atoms with Crippen LogP contribution in [0.1, 0.15) is 24.2 Å². The Hall–Kier alpha value is -1.75. The first-order valence-electron chi connectivity index (χ1n) is 7.54. The molecule has 1 unspecified atom stereocenters. The molecule has 0 aromatic heterocycles. The summed E-state index contributed by atoms with van der Waals surface area (Å²) in [5.74, 6) is -0.0163. The second-order valence-corrected chi connectivity index (χ2v) is 5.90. The molecular formula is C16H26N4O. The topological polar surface area (TPSA) is 52.8 Å². The molecule has 1 aromatic carbocycles. The fraction of sp³-hybridized carbons (Fsp3) is 0.562. The van der Waals surface area contributed by atoms with Crippen LogP contribution in [0.5, 0.6) is 0 Å². The highest BCUT2D eigenvalue weighted by Gasteiger charge is 2.24. The van der Waals surface area contributed by atoms with Gasteiger partial charge in [0, 0.05) is 45.3 Å². The Balaban J connectivity index is 2.17. The molecule has 116 valence electrons. The molecule has 1 aromatic rings. The molecule has 1 fully saturated rings. The molecule has 0 aliphatic carbocycles. The second-order valence-electron chi connectivity index (χ2n) is 5.90. The molecule has 0 spiro atoms. The highest BCUT2D eigenvalue weighted by atomic mass is 16.2. The van der Waals surface area contributed by atoms with Gasteiger partial charge in [0.1, 0.15) is 0 Å². The van der Waals surface area contributed by atoms with Crippen molar-refractivity contribution in [2.75, 3.05) is 50.9 Å². The van der Waals surface area contributed by atoms with Gasteiger partial charge in [-0.15, -0.1) is 0 Å². The Kier molecular flexibility index (Phi) is 4.73. The van der Waals surface area contributed by atoms with Gasteiger partial charge in [-0.2, -0.15) is 0 Å². The molecule has 21 heavy (non-hydrogen) atoms. The lowest BCUT2D eigenvalue weighted by Crippen LogP contribution is -2.51. The largest absolute Gasteiger partial charge is 0.397 e. The lowest BCUT2D eigenvalue weighted by atomic mass is 10.1. The maximum Gasteiger partial charge on any atom is 0.253 e. The van der Waals surface area contributed by atoms with Gasteiger partial charge >= 0.3 is 0 Å². The zero-order valence-electron chi connectivity index (χ0n) is 13.5. The van der Waals surface area contributed by atoms with Crippen LogP contribution in [-0.2, 0) is 0 Å². The number of rotatable bonds is 3. The number of amides is 1. The van der Waals surface area contributed by atoms with Crippen molar-refractivity contribution in [3.05, 3.63) is 23.8 Å². The van der Waals surface area contributed by atoms with E-state index in [0.29, 0.717) is 17.3 Å². The Morgan fingerprint density at radius 2 is 2.10 bits per heavy atom. The van der Waals surface area contributed by atoms with Crippen LogP contribution in [0.4, 0.5) is 11.4 Å². The zero-order chi connectivity index (χ0) is 15.6. The van der Waals surface area contributed by atoms with Gasteiger partial charge in [0.2, 0.25) is 0 Å². The van der Waals surface area contributed by atoms with Crippen LogP contribution < -0.4 is 10.6 Å². The molecule has 1 aliphatic rings. The summed E-state index contributed by atoms with van der Waals surface area (Å²) < 4.78 is 0. The first kappa shape index (κ1) is 15.6. The number of carbonyl (C=O) groups is 1. The van der Waals surface area contributed by atoms with Gasteiger partial charge in [0.15, 0.2) is 0 Å². The molecule has 2 rings (SSSR count). The maximum absolute atomic E-state index is 12.0. The van der Waals surface area contributed by atoms with Crippen molar-refractivity contribution in [2.45, 2.75) is 19.9 Å². The molecule has 0 saturated carbocycles. The summed E-state index contributed by atoms with van der Waals surface area (Å²) >= 11 is 0. The second kappa shape index (κ2) is 6.35. The average molecular weight is 290 g/mol. The van der Waals surface area contributed by atoms with E-state index in [0.717, 1.165) is 31.9 Å². The number of hydrogen-bond donors (Lipinski definition) is 1. The number of likely N-dealkylation sites (N-methyl/N-ethyl adjacent to an activating group) is 1. The lowest BCUT2D eigenvalue weighted by molar-refractivity contribution is 0.0827. The van der Waals surface area contributed by atoms with E-state index >= 15 is 0 Å². The van der Waals surface area contributed by atoms with E-state index in [4.69, 9.17) is 5.73 Å². The lowest BCUT2D eigenvalue weighted by Gasteiger charge is -2.41. The standard InChI is InChI=1S/C16H26N4O/c1-5-19-8-9-20(11-12(19)2)15-7-6-13(10-14(15)17)16(21)18(3)4/h6-7,10,12H,5,8-9,11,17H2,1-4H3. The molecule has 0 radical (unpaired) electrons. The third-order valence-electron chi connectivity index (χ3n) is 4.19. The van der Waals surface area contributed by atoms with Gasteiger partial charge < -0.3 is 15.5 Å².